The summed E-state index contributed by atoms with van der Waals surface area (Å²) < 4.78 is 16.4. The smallest absolute Gasteiger partial charge is 0.325 e. The van der Waals surface area contributed by atoms with Gasteiger partial charge >= 0.3 is 11.3 Å². The fraction of sp³-hybridized carbons (Fsp3) is 0.0870. The lowest BCUT2D eigenvalue weighted by Crippen LogP contribution is -2.55. The number of thioether (sulfide) groups is 1. The van der Waals surface area contributed by atoms with E-state index in [-0.39, 0.29) is 17.1 Å². The standard InChI is InChI=1S/C23H16BrFN4O2S/c24-17-10-9-14(30)11-16(17)21-26-19-8-4-2-6-15(19)20-22(31)27-23(28-29(20)21)32-12-13-5-1-3-7-18(13)25/h1-11,21H,12H2,(H2,27,28,30,31)/p+1/t21-/m0/s1. The van der Waals surface area contributed by atoms with Gasteiger partial charge in [-0.3, -0.25) is 9.78 Å². The Morgan fingerprint density at radius 2 is 1.91 bits per heavy atom. The van der Waals surface area contributed by atoms with Crippen molar-refractivity contribution >= 4 is 33.4 Å². The Kier molecular flexibility index (Phi) is 5.44. The first kappa shape index (κ1) is 20.7. The normalized spacial score (nSPS) is 14.4. The summed E-state index contributed by atoms with van der Waals surface area (Å²) in [6.45, 7) is 0. The molecule has 0 unspecified atom stereocenters. The number of H-pyrrole nitrogens is 1. The molecule has 1 aliphatic rings. The van der Waals surface area contributed by atoms with Crippen molar-refractivity contribution in [2.75, 3.05) is 5.32 Å². The minimum absolute atomic E-state index is 0.102. The molecule has 160 valence electrons. The predicted molar refractivity (Wildman–Crippen MR) is 124 cm³/mol. The molecule has 0 amide bonds. The lowest BCUT2D eigenvalue weighted by atomic mass is 10.0. The maximum atomic E-state index is 14.0. The third-order valence-electron chi connectivity index (χ3n) is 5.18. The summed E-state index contributed by atoms with van der Waals surface area (Å²) in [5.41, 5.74) is 2.85. The Bertz CT molecular complexity index is 1390. The lowest BCUT2D eigenvalue weighted by molar-refractivity contribution is -0.759. The second kappa shape index (κ2) is 8.40. The number of hydrogen-bond acceptors (Lipinski definition) is 5. The Hall–Kier alpha value is -3.17. The monoisotopic (exact) mass is 511 g/mol. The van der Waals surface area contributed by atoms with Gasteiger partial charge in [0.15, 0.2) is 0 Å². The van der Waals surface area contributed by atoms with Crippen molar-refractivity contribution in [3.8, 4) is 17.0 Å². The SMILES string of the molecule is O=c1[nH]c(SCc2ccccc2F)n[n+]2c1-c1ccccc1N[C@@H]2c1cc(O)ccc1Br. The number of nitrogens with one attached hydrogen (secondary N) is 2. The first-order valence-corrected chi connectivity index (χ1v) is 11.6. The van der Waals surface area contributed by atoms with Crippen LogP contribution >= 0.6 is 27.7 Å². The van der Waals surface area contributed by atoms with Crippen LogP contribution in [0.5, 0.6) is 5.75 Å². The predicted octanol–water partition coefficient (Wildman–Crippen LogP) is 4.60. The molecule has 0 saturated heterocycles. The van der Waals surface area contributed by atoms with E-state index in [1.807, 2.05) is 24.3 Å². The summed E-state index contributed by atoms with van der Waals surface area (Å²) in [5.74, 6) is 0.120. The zero-order valence-corrected chi connectivity index (χ0v) is 19.0. The van der Waals surface area contributed by atoms with Crippen molar-refractivity contribution in [3.63, 3.8) is 0 Å². The molecule has 1 aliphatic heterocycles. The van der Waals surface area contributed by atoms with Crippen LogP contribution in [-0.2, 0) is 5.75 Å². The molecule has 2 heterocycles. The number of phenols is 1. The molecular weight excluding hydrogens is 495 g/mol. The fourth-order valence-electron chi connectivity index (χ4n) is 3.67. The van der Waals surface area contributed by atoms with Gasteiger partial charge in [-0.25, -0.2) is 4.39 Å². The highest BCUT2D eigenvalue weighted by Gasteiger charge is 2.38. The molecule has 5 rings (SSSR count). The number of hydrogen-bond donors (Lipinski definition) is 3. The number of rotatable bonds is 4. The summed E-state index contributed by atoms with van der Waals surface area (Å²) in [6.07, 6.45) is -0.545. The number of phenolic OH excluding ortho intramolecular Hbond substituents is 1. The van der Waals surface area contributed by atoms with Crippen LogP contribution in [-0.4, -0.2) is 15.2 Å². The van der Waals surface area contributed by atoms with Gasteiger partial charge in [-0.1, -0.05) is 58.0 Å². The maximum absolute atomic E-state index is 14.0. The molecule has 0 bridgehead atoms. The zero-order valence-electron chi connectivity index (χ0n) is 16.5. The van der Waals surface area contributed by atoms with E-state index in [2.05, 4.69) is 31.3 Å². The highest BCUT2D eigenvalue weighted by Crippen LogP contribution is 2.35. The van der Waals surface area contributed by atoms with E-state index in [0.29, 0.717) is 27.7 Å². The highest BCUT2D eigenvalue weighted by atomic mass is 79.9. The lowest BCUT2D eigenvalue weighted by Gasteiger charge is -2.23. The number of fused-ring (bicyclic) bond motifs is 3. The molecule has 32 heavy (non-hydrogen) atoms. The average Bonchev–Trinajstić information content (AvgIpc) is 2.79. The quantitative estimate of drug-likeness (QED) is 0.275. The molecule has 4 aromatic rings. The molecule has 0 fully saturated rings. The van der Waals surface area contributed by atoms with Gasteiger partial charge in [-0.15, -0.1) is 0 Å². The number of anilines is 1. The summed E-state index contributed by atoms with van der Waals surface area (Å²) in [6, 6.07) is 19.0. The van der Waals surface area contributed by atoms with Gasteiger partial charge < -0.3 is 10.4 Å². The van der Waals surface area contributed by atoms with Gasteiger partial charge in [0.05, 0.1) is 16.8 Å². The van der Waals surface area contributed by atoms with Crippen molar-refractivity contribution in [2.24, 2.45) is 0 Å². The van der Waals surface area contributed by atoms with E-state index >= 15 is 0 Å². The molecule has 9 heteroatoms. The largest absolute Gasteiger partial charge is 0.508 e. The minimum atomic E-state index is -0.545. The summed E-state index contributed by atoms with van der Waals surface area (Å²) in [4.78, 5) is 16.0. The van der Waals surface area contributed by atoms with Crippen LogP contribution in [0.25, 0.3) is 11.3 Å². The zero-order chi connectivity index (χ0) is 22.2. The van der Waals surface area contributed by atoms with Crippen molar-refractivity contribution in [1.29, 1.82) is 0 Å². The fourth-order valence-corrected chi connectivity index (χ4v) is 4.97. The summed E-state index contributed by atoms with van der Waals surface area (Å²) >= 11 is 4.78. The first-order valence-electron chi connectivity index (χ1n) is 9.78. The van der Waals surface area contributed by atoms with Crippen LogP contribution in [0.4, 0.5) is 10.1 Å². The van der Waals surface area contributed by atoms with Crippen LogP contribution < -0.4 is 15.6 Å². The molecular formula is C23H17BrFN4O2S+. The molecule has 6 nitrogen and oxygen atoms in total. The van der Waals surface area contributed by atoms with Crippen LogP contribution in [0.2, 0.25) is 0 Å². The van der Waals surface area contributed by atoms with Crippen molar-refractivity contribution in [1.82, 2.24) is 10.1 Å². The van der Waals surface area contributed by atoms with Gasteiger partial charge in [-0.2, -0.15) is 0 Å². The first-order chi connectivity index (χ1) is 15.5. The highest BCUT2D eigenvalue weighted by molar-refractivity contribution is 9.10. The van der Waals surface area contributed by atoms with E-state index < -0.39 is 6.17 Å². The number of para-hydroxylation sites is 1. The van der Waals surface area contributed by atoms with Crippen molar-refractivity contribution < 1.29 is 14.2 Å². The Labute approximate surface area is 195 Å². The molecule has 3 N–H and O–H groups in total. The molecule has 0 aliphatic carbocycles. The summed E-state index contributed by atoms with van der Waals surface area (Å²) in [7, 11) is 0. The maximum Gasteiger partial charge on any atom is 0.325 e. The van der Waals surface area contributed by atoms with E-state index in [1.54, 1.807) is 41.1 Å². The average molecular weight is 512 g/mol. The van der Waals surface area contributed by atoms with Crippen molar-refractivity contribution in [2.45, 2.75) is 17.1 Å². The second-order valence-corrected chi connectivity index (χ2v) is 9.05. The van der Waals surface area contributed by atoms with E-state index in [4.69, 9.17) is 0 Å². The summed E-state index contributed by atoms with van der Waals surface area (Å²) in [5, 5.41) is 18.5. The van der Waals surface area contributed by atoms with Crippen LogP contribution in [0.1, 0.15) is 17.3 Å². The molecule has 1 aromatic heterocycles. The number of aromatic nitrogens is 3. The third-order valence-corrected chi connectivity index (χ3v) is 6.81. The molecule has 1 atom stereocenters. The molecule has 0 spiro atoms. The second-order valence-electron chi connectivity index (χ2n) is 7.23. The van der Waals surface area contributed by atoms with Crippen LogP contribution in [0.3, 0.4) is 0 Å². The molecule has 3 aromatic carbocycles. The Balaban J connectivity index is 1.62. The minimum Gasteiger partial charge on any atom is -0.508 e. The Morgan fingerprint density at radius 3 is 2.75 bits per heavy atom. The van der Waals surface area contributed by atoms with Gasteiger partial charge in [0.25, 0.3) is 6.17 Å². The van der Waals surface area contributed by atoms with E-state index in [0.717, 1.165) is 15.7 Å². The number of benzene rings is 3. The van der Waals surface area contributed by atoms with Gasteiger partial charge in [0.1, 0.15) is 11.6 Å². The van der Waals surface area contributed by atoms with Crippen molar-refractivity contribution in [3.05, 3.63) is 98.5 Å². The van der Waals surface area contributed by atoms with Crippen LogP contribution in [0, 0.1) is 5.82 Å². The van der Waals surface area contributed by atoms with E-state index in [1.165, 1.54) is 17.8 Å². The number of nitrogens with zero attached hydrogens (tertiary/aromatic N) is 2. The Morgan fingerprint density at radius 1 is 1.12 bits per heavy atom. The molecule has 0 saturated carbocycles. The number of aromatic amines is 1. The van der Waals surface area contributed by atoms with Crippen LogP contribution in [0.15, 0.2) is 81.2 Å². The van der Waals surface area contributed by atoms with Gasteiger partial charge in [-0.05, 0) is 46.6 Å². The van der Waals surface area contributed by atoms with Gasteiger partial charge in [0.2, 0.25) is 5.16 Å². The number of aromatic hydroxyl groups is 1. The molecule has 0 radical (unpaired) electrons. The third kappa shape index (κ3) is 3.78. The van der Waals surface area contributed by atoms with E-state index in [9.17, 15) is 14.3 Å². The van der Waals surface area contributed by atoms with Gasteiger partial charge in [0, 0.05) is 15.3 Å². The number of halogens is 2. The topological polar surface area (TPSA) is 81.9 Å².